The number of allylic oxidation sites excluding steroid dienone is 6. The Bertz CT molecular complexity index is 1900. The zero-order valence-electron chi connectivity index (χ0n) is 23.6. The minimum atomic E-state index is -0.866. The average molecular weight is 588 g/mol. The first-order chi connectivity index (χ1) is 21.2. The van der Waals surface area contributed by atoms with Crippen LogP contribution in [0.3, 0.4) is 0 Å². The number of nitrogens with zero attached hydrogens (tertiary/aromatic N) is 1. The maximum absolute atomic E-state index is 14.6. The van der Waals surface area contributed by atoms with E-state index in [2.05, 4.69) is 0 Å². The first kappa shape index (κ1) is 27.6. The van der Waals surface area contributed by atoms with Gasteiger partial charge in [0.15, 0.2) is 28.9 Å². The lowest BCUT2D eigenvalue weighted by molar-refractivity contribution is -0.123. The molecule has 0 radical (unpaired) electrons. The Balaban J connectivity index is 1.26. The molecule has 44 heavy (non-hydrogen) atoms. The number of anilines is 1. The standard InChI is InChI=1S/C36H26FNO6/c1-18-15-29(40)32-26(33(18)41)17-25-23(30(32)21-9-14-28(39)27(37)16-21)12-13-24-31(25)36(44)38(35(24)43)22-10-7-20(8-11-22)34(42)19-5-3-2-4-6-19/h2-12,14-16,24-25,30-31,39H,13,17H2,1H3. The highest BCUT2D eigenvalue weighted by molar-refractivity contribution is 6.25. The Morgan fingerprint density at radius 3 is 2.30 bits per heavy atom. The summed E-state index contributed by atoms with van der Waals surface area (Å²) in [6, 6.07) is 19.0. The van der Waals surface area contributed by atoms with Gasteiger partial charge in [0, 0.05) is 33.8 Å². The van der Waals surface area contributed by atoms with Gasteiger partial charge < -0.3 is 5.11 Å². The molecular weight excluding hydrogens is 561 g/mol. The number of Topliss-reactive ketones (excluding diaryl/α,β-unsaturated/α-hetero) is 1. The highest BCUT2D eigenvalue weighted by atomic mass is 19.1. The molecule has 1 fully saturated rings. The van der Waals surface area contributed by atoms with Crippen LogP contribution in [0.15, 0.2) is 107 Å². The molecule has 1 saturated heterocycles. The van der Waals surface area contributed by atoms with Crippen molar-refractivity contribution >= 4 is 34.9 Å². The van der Waals surface area contributed by atoms with Gasteiger partial charge in [0.25, 0.3) is 0 Å². The maximum Gasteiger partial charge on any atom is 0.238 e. The number of carbonyl (C=O) groups excluding carboxylic acids is 5. The van der Waals surface area contributed by atoms with Crippen LogP contribution in [0.25, 0.3) is 0 Å². The zero-order chi connectivity index (χ0) is 30.9. The molecule has 7 rings (SSSR count). The number of phenolic OH excluding ortho intramolecular Hbond substituents is 1. The summed E-state index contributed by atoms with van der Waals surface area (Å²) < 4.78 is 14.6. The lowest BCUT2D eigenvalue weighted by atomic mass is 9.59. The summed E-state index contributed by atoms with van der Waals surface area (Å²) in [5, 5.41) is 9.83. The van der Waals surface area contributed by atoms with Crippen molar-refractivity contribution in [1.29, 1.82) is 0 Å². The fraction of sp³-hybridized carbons (Fsp3) is 0.194. The van der Waals surface area contributed by atoms with Crippen LogP contribution in [0, 0.1) is 23.6 Å². The molecule has 2 amide bonds. The molecule has 0 bridgehead atoms. The van der Waals surface area contributed by atoms with Gasteiger partial charge in [-0.15, -0.1) is 0 Å². The number of ketones is 3. The van der Waals surface area contributed by atoms with Crippen LogP contribution in [0.5, 0.6) is 5.75 Å². The minimum absolute atomic E-state index is 0.104. The van der Waals surface area contributed by atoms with Crippen LogP contribution in [0.2, 0.25) is 0 Å². The predicted molar refractivity (Wildman–Crippen MR) is 158 cm³/mol. The van der Waals surface area contributed by atoms with E-state index in [4.69, 9.17) is 0 Å². The summed E-state index contributed by atoms with van der Waals surface area (Å²) in [5.41, 5.74) is 3.16. The monoisotopic (exact) mass is 587 g/mol. The zero-order valence-corrected chi connectivity index (χ0v) is 23.6. The van der Waals surface area contributed by atoms with Crippen molar-refractivity contribution in [2.24, 2.45) is 17.8 Å². The summed E-state index contributed by atoms with van der Waals surface area (Å²) in [5.74, 6) is -5.88. The SMILES string of the molecule is CC1=CC(=O)C2=C(CC3C(=CCC4C(=O)N(c5ccc(C(=O)c6ccccc6)cc5)C(=O)C43)C2c2ccc(O)c(F)c2)C1=O. The van der Waals surface area contributed by atoms with Crippen molar-refractivity contribution < 1.29 is 33.5 Å². The van der Waals surface area contributed by atoms with Gasteiger partial charge in [-0.1, -0.05) is 48.0 Å². The fourth-order valence-corrected chi connectivity index (χ4v) is 7.24. The third kappa shape index (κ3) is 4.12. The van der Waals surface area contributed by atoms with Crippen molar-refractivity contribution in [3.05, 3.63) is 130 Å². The smallest absolute Gasteiger partial charge is 0.238 e. The Labute approximate surface area is 252 Å². The van der Waals surface area contributed by atoms with Crippen molar-refractivity contribution in [3.8, 4) is 5.75 Å². The molecule has 3 aromatic carbocycles. The number of fused-ring (bicyclic) bond motifs is 3. The number of hydrogen-bond acceptors (Lipinski definition) is 6. The van der Waals surface area contributed by atoms with Crippen molar-refractivity contribution in [2.75, 3.05) is 4.90 Å². The van der Waals surface area contributed by atoms with E-state index in [1.54, 1.807) is 55.5 Å². The first-order valence-electron chi connectivity index (χ1n) is 14.4. The van der Waals surface area contributed by atoms with E-state index in [1.807, 2.05) is 12.1 Å². The van der Waals surface area contributed by atoms with Crippen LogP contribution >= 0.6 is 0 Å². The van der Waals surface area contributed by atoms with Gasteiger partial charge in [0.2, 0.25) is 11.8 Å². The number of carbonyl (C=O) groups is 5. The van der Waals surface area contributed by atoms with Gasteiger partial charge in [-0.3, -0.25) is 28.9 Å². The van der Waals surface area contributed by atoms with E-state index in [0.29, 0.717) is 28.0 Å². The second-order valence-electron chi connectivity index (χ2n) is 11.7. The van der Waals surface area contributed by atoms with E-state index in [0.717, 1.165) is 11.0 Å². The molecule has 0 saturated carbocycles. The molecule has 4 atom stereocenters. The van der Waals surface area contributed by atoms with E-state index in [-0.39, 0.29) is 52.8 Å². The molecule has 1 aliphatic heterocycles. The molecule has 7 nitrogen and oxygen atoms in total. The lowest BCUT2D eigenvalue weighted by Gasteiger charge is -2.42. The Morgan fingerprint density at radius 1 is 0.886 bits per heavy atom. The summed E-state index contributed by atoms with van der Waals surface area (Å²) in [4.78, 5) is 68.6. The summed E-state index contributed by atoms with van der Waals surface area (Å²) in [6.07, 6.45) is 3.48. The molecule has 3 aliphatic carbocycles. The molecule has 4 unspecified atom stereocenters. The Kier molecular flexibility index (Phi) is 6.39. The largest absolute Gasteiger partial charge is 0.505 e. The number of aromatic hydroxyl groups is 1. The number of rotatable bonds is 4. The summed E-state index contributed by atoms with van der Waals surface area (Å²) >= 11 is 0. The molecule has 4 aliphatic rings. The Hall–Kier alpha value is -5.24. The van der Waals surface area contributed by atoms with Crippen LogP contribution < -0.4 is 4.90 Å². The van der Waals surface area contributed by atoms with Crippen molar-refractivity contribution in [2.45, 2.75) is 25.7 Å². The van der Waals surface area contributed by atoms with Crippen molar-refractivity contribution in [3.63, 3.8) is 0 Å². The summed E-state index contributed by atoms with van der Waals surface area (Å²) in [6.45, 7) is 1.56. The summed E-state index contributed by atoms with van der Waals surface area (Å²) in [7, 11) is 0. The van der Waals surface area contributed by atoms with Gasteiger partial charge in [-0.25, -0.2) is 4.39 Å². The molecule has 218 valence electrons. The normalized spacial score (nSPS) is 24.5. The molecule has 0 spiro atoms. The van der Waals surface area contributed by atoms with Gasteiger partial charge >= 0.3 is 0 Å². The van der Waals surface area contributed by atoms with Crippen LogP contribution in [0.1, 0.15) is 47.2 Å². The van der Waals surface area contributed by atoms with E-state index >= 15 is 0 Å². The lowest BCUT2D eigenvalue weighted by Crippen LogP contribution is -2.39. The first-order valence-corrected chi connectivity index (χ1v) is 14.4. The minimum Gasteiger partial charge on any atom is -0.505 e. The number of benzene rings is 3. The van der Waals surface area contributed by atoms with Crippen LogP contribution in [0.4, 0.5) is 10.1 Å². The average Bonchev–Trinajstić information content (AvgIpc) is 3.29. The number of amides is 2. The van der Waals surface area contributed by atoms with Crippen molar-refractivity contribution in [1.82, 2.24) is 0 Å². The quantitative estimate of drug-likeness (QED) is 0.190. The second-order valence-corrected chi connectivity index (χ2v) is 11.7. The van der Waals surface area contributed by atoms with E-state index in [1.165, 1.54) is 18.2 Å². The van der Waals surface area contributed by atoms with Gasteiger partial charge in [0.1, 0.15) is 0 Å². The third-order valence-electron chi connectivity index (χ3n) is 9.29. The molecule has 1 N–H and O–H groups in total. The van der Waals surface area contributed by atoms with E-state index in [9.17, 15) is 33.5 Å². The topological polar surface area (TPSA) is 109 Å². The molecule has 1 heterocycles. The van der Waals surface area contributed by atoms with Gasteiger partial charge in [-0.05, 0) is 73.7 Å². The number of halogens is 1. The number of hydrogen-bond donors (Lipinski definition) is 1. The predicted octanol–water partition coefficient (Wildman–Crippen LogP) is 5.40. The highest BCUT2D eigenvalue weighted by Gasteiger charge is 2.56. The number of phenols is 1. The number of imide groups is 1. The second kappa shape index (κ2) is 10.2. The molecule has 8 heteroatoms. The Morgan fingerprint density at radius 2 is 1.59 bits per heavy atom. The highest BCUT2D eigenvalue weighted by Crippen LogP contribution is 2.55. The third-order valence-corrected chi connectivity index (χ3v) is 9.29. The maximum atomic E-state index is 14.6. The molecule has 0 aromatic heterocycles. The van der Waals surface area contributed by atoms with Gasteiger partial charge in [-0.2, -0.15) is 0 Å². The van der Waals surface area contributed by atoms with Gasteiger partial charge in [0.05, 0.1) is 17.5 Å². The molecular formula is C36H26FNO6. The van der Waals surface area contributed by atoms with E-state index < -0.39 is 41.1 Å². The van der Waals surface area contributed by atoms with Crippen LogP contribution in [-0.2, 0) is 19.2 Å². The fourth-order valence-electron chi connectivity index (χ4n) is 7.24. The molecule has 3 aromatic rings. The van der Waals surface area contributed by atoms with Crippen LogP contribution in [-0.4, -0.2) is 34.3 Å².